The molecule has 0 saturated heterocycles. The minimum Gasteiger partial charge on any atom is 1.00 e. The molecule has 1 nitrogen and oxygen atoms in total. The molecule has 150 valence electrons. The standard InChI is InChI=1S/C18H16O.6FH.H2S.Sb/c1-12-10-11-17(19)18(13(12)2)16-9-5-7-14-6-3-4-8-15(14)16;;;;;;;;/h3-11,19H,1-2H3;6*1H;1H2;/q;;;;;;;;+5/p-5. The quantitative estimate of drug-likeness (QED) is 0.267. The van der Waals surface area contributed by atoms with Crippen molar-refractivity contribution in [2.75, 3.05) is 0 Å². The van der Waals surface area contributed by atoms with Crippen molar-refractivity contribution in [3.63, 3.8) is 0 Å². The molecule has 3 aromatic rings. The maximum absolute atomic E-state index is 11.2. The maximum atomic E-state index is 10.2. The van der Waals surface area contributed by atoms with Crippen molar-refractivity contribution in [3.8, 4) is 16.9 Å². The number of phenols is 1. The molecule has 27 heavy (non-hydrogen) atoms. The first kappa shape index (κ1) is 23.5. The van der Waals surface area contributed by atoms with Gasteiger partial charge in [-0.2, -0.15) is 13.5 Å². The average molecular weight is 519 g/mol. The van der Waals surface area contributed by atoms with Crippen molar-refractivity contribution >= 4 is 43.7 Å². The van der Waals surface area contributed by atoms with Crippen molar-refractivity contribution in [3.05, 3.63) is 65.7 Å². The number of phenolic OH excluding ortho intramolecular Hbond substituents is 1. The second-order valence-electron chi connectivity index (χ2n) is 5.89. The van der Waals surface area contributed by atoms with Gasteiger partial charge >= 0.3 is 37.8 Å². The Kier molecular flexibility index (Phi) is 6.21. The molecule has 0 bridgehead atoms. The molecule has 0 amide bonds. The van der Waals surface area contributed by atoms with Crippen LogP contribution in [0.3, 0.4) is 0 Å². The van der Waals surface area contributed by atoms with Gasteiger partial charge in [-0.05, 0) is 47.4 Å². The van der Waals surface area contributed by atoms with Crippen LogP contribution in [0.1, 0.15) is 12.6 Å². The second-order valence-corrected chi connectivity index (χ2v) is 11.4. The van der Waals surface area contributed by atoms with Gasteiger partial charge in [-0.1, -0.05) is 48.5 Å². The summed E-state index contributed by atoms with van der Waals surface area (Å²) in [5, 5.41) is 12.6. The van der Waals surface area contributed by atoms with Crippen LogP contribution in [-0.2, 0) is 0 Å². The summed E-state index contributed by atoms with van der Waals surface area (Å²) in [4.78, 5) is 0. The minimum absolute atomic E-state index is 0. The third-order valence-electron chi connectivity index (χ3n) is 3.77. The molecule has 3 rings (SSSR count). The number of fused-ring (bicyclic) bond motifs is 1. The van der Waals surface area contributed by atoms with E-state index in [9.17, 15) is 22.0 Å². The molecule has 0 aromatic heterocycles. The van der Waals surface area contributed by atoms with Crippen LogP contribution in [-0.4, -0.2) is 24.6 Å². The summed E-state index contributed by atoms with van der Waals surface area (Å²) in [6, 6.07) is 18.2. The largest absolute Gasteiger partial charge is 1.00 e. The van der Waals surface area contributed by atoms with Gasteiger partial charge in [-0.3, -0.25) is 0 Å². The number of aromatic hydroxyl groups is 1. The van der Waals surface area contributed by atoms with Crippen LogP contribution >= 0.6 is 13.5 Å². The van der Waals surface area contributed by atoms with E-state index in [1.807, 2.05) is 24.3 Å². The smallest absolute Gasteiger partial charge is 1.00 e. The van der Waals surface area contributed by atoms with Crippen LogP contribution in [0.15, 0.2) is 54.6 Å². The molecule has 0 atom stereocenters. The van der Waals surface area contributed by atoms with Crippen LogP contribution in [0.2, 0.25) is 0 Å². The zero-order valence-corrected chi connectivity index (χ0v) is 17.9. The van der Waals surface area contributed by atoms with Gasteiger partial charge in [0.15, 0.2) is 0 Å². The third kappa shape index (κ3) is 7.54. The van der Waals surface area contributed by atoms with E-state index >= 15 is 0 Å². The predicted octanol–water partition coefficient (Wildman–Crippen LogP) is 7.19. The Hall–Kier alpha value is -1.53. The molecule has 0 radical (unpaired) electrons. The zero-order valence-electron chi connectivity index (χ0n) is 15.4. The van der Waals surface area contributed by atoms with Gasteiger partial charge in [0.25, 0.3) is 0 Å². The molecule has 0 spiro atoms. The Morgan fingerprint density at radius 3 is 1.89 bits per heavy atom. The maximum Gasteiger partial charge on any atom is 1.00 e. The third-order valence-corrected chi connectivity index (χ3v) is 3.77. The van der Waals surface area contributed by atoms with Crippen LogP contribution < -0.4 is 0 Å². The van der Waals surface area contributed by atoms with Crippen molar-refractivity contribution in [1.29, 1.82) is 0 Å². The van der Waals surface area contributed by atoms with Gasteiger partial charge in [0.1, 0.15) is 5.75 Å². The summed E-state index contributed by atoms with van der Waals surface area (Å²) < 4.78 is 59.6. The molecule has 0 saturated carbocycles. The van der Waals surface area contributed by atoms with Crippen molar-refractivity contribution in [2.45, 2.75) is 13.8 Å². The topological polar surface area (TPSA) is 20.2 Å². The monoisotopic (exact) mass is 518 g/mol. The van der Waals surface area contributed by atoms with E-state index in [1.165, 1.54) is 16.3 Å². The average Bonchev–Trinajstić information content (AvgIpc) is 2.49. The molecule has 1 N–H and O–H groups in total. The van der Waals surface area contributed by atoms with Crippen molar-refractivity contribution < 1.29 is 23.4 Å². The number of aryl methyl sites for hydroxylation is 1. The predicted molar refractivity (Wildman–Crippen MR) is 104 cm³/mol. The SMILES string of the molecule is Cc1ccc(O)c(-c2cccc3ccccc23)c1C.S.[F][Sb-]([F])([F])([F])([F])[F].[H+]. The Bertz CT molecular complexity index is 961. The molecule has 0 fully saturated rings. The van der Waals surface area contributed by atoms with E-state index in [-0.39, 0.29) is 14.9 Å². The van der Waals surface area contributed by atoms with Gasteiger partial charge < -0.3 is 5.11 Å². The summed E-state index contributed by atoms with van der Waals surface area (Å²) in [5.41, 5.74) is 4.37. The Morgan fingerprint density at radius 1 is 0.778 bits per heavy atom. The first-order valence-corrected chi connectivity index (χ1v) is 13.3. The van der Waals surface area contributed by atoms with Gasteiger partial charge in [0.05, 0.1) is 0 Å². The van der Waals surface area contributed by atoms with E-state index < -0.39 is 19.5 Å². The van der Waals surface area contributed by atoms with E-state index in [0.29, 0.717) is 5.75 Å². The fourth-order valence-corrected chi connectivity index (χ4v) is 2.58. The molecular formula is C18H19F6OSSb. The molecular weight excluding hydrogens is 500 g/mol. The van der Waals surface area contributed by atoms with Crippen molar-refractivity contribution in [1.82, 2.24) is 0 Å². The Balaban J connectivity index is 0.000000707. The van der Waals surface area contributed by atoms with Gasteiger partial charge in [-0.15, -0.1) is 0 Å². The first-order chi connectivity index (χ1) is 11.6. The molecule has 0 heterocycles. The summed E-state index contributed by atoms with van der Waals surface area (Å²) in [7, 11) is 0. The molecule has 3 aromatic carbocycles. The van der Waals surface area contributed by atoms with Gasteiger partial charge in [0, 0.05) is 5.56 Å². The Morgan fingerprint density at radius 2 is 1.30 bits per heavy atom. The van der Waals surface area contributed by atoms with Crippen LogP contribution in [0, 0.1) is 13.8 Å². The van der Waals surface area contributed by atoms with Gasteiger partial charge in [0.2, 0.25) is 0 Å². The molecule has 0 aliphatic carbocycles. The van der Waals surface area contributed by atoms with E-state index in [0.717, 1.165) is 16.7 Å². The molecule has 0 aliphatic heterocycles. The molecule has 0 unspecified atom stereocenters. The summed E-state index contributed by atoms with van der Waals surface area (Å²) in [6.07, 6.45) is 0. The second kappa shape index (κ2) is 7.13. The number of hydrogen-bond donors (Lipinski definition) is 1. The summed E-state index contributed by atoms with van der Waals surface area (Å²) >= 11 is -11.2. The molecule has 0 aliphatic rings. The van der Waals surface area contributed by atoms with Gasteiger partial charge in [-0.25, -0.2) is 0 Å². The first-order valence-electron chi connectivity index (χ1n) is 7.47. The van der Waals surface area contributed by atoms with E-state index in [2.05, 4.69) is 38.1 Å². The van der Waals surface area contributed by atoms with Crippen LogP contribution in [0.25, 0.3) is 21.9 Å². The van der Waals surface area contributed by atoms with E-state index in [1.54, 1.807) is 6.07 Å². The number of benzene rings is 3. The van der Waals surface area contributed by atoms with Crippen molar-refractivity contribution in [2.24, 2.45) is 0 Å². The molecule has 9 heteroatoms. The number of rotatable bonds is 1. The minimum atomic E-state index is -11.2. The summed E-state index contributed by atoms with van der Waals surface area (Å²) in [5.74, 6) is 0.347. The summed E-state index contributed by atoms with van der Waals surface area (Å²) in [6.45, 7) is 4.13. The fourth-order valence-electron chi connectivity index (χ4n) is 2.58. The Labute approximate surface area is 163 Å². The fraction of sp³-hybridized carbons (Fsp3) is 0.111. The van der Waals surface area contributed by atoms with Crippen LogP contribution in [0.5, 0.6) is 5.75 Å². The zero-order chi connectivity index (χ0) is 19.8. The number of halogens is 6. The number of hydrogen-bond acceptors (Lipinski definition) is 1. The van der Waals surface area contributed by atoms with E-state index in [4.69, 9.17) is 0 Å². The normalized spacial score (nSPS) is 13.6. The van der Waals surface area contributed by atoms with Crippen LogP contribution in [0.4, 0.5) is 16.9 Å².